The number of thioether (sulfide) groups is 1. The van der Waals surface area contributed by atoms with E-state index in [9.17, 15) is 15.3 Å². The van der Waals surface area contributed by atoms with Crippen molar-refractivity contribution in [3.63, 3.8) is 0 Å². The Morgan fingerprint density at radius 3 is 2.70 bits per heavy atom. The number of rotatable bonds is 6. The number of allylic oxidation sites excluding steroid dienone is 3. The molecule has 0 amide bonds. The van der Waals surface area contributed by atoms with Crippen LogP contribution in [0.2, 0.25) is 0 Å². The van der Waals surface area contributed by atoms with E-state index >= 15 is 0 Å². The normalized spacial score (nSPS) is 38.8. The summed E-state index contributed by atoms with van der Waals surface area (Å²) in [6.07, 6.45) is 11.4. The molecule has 0 saturated heterocycles. The SMILES string of the molecule is C=C1/C(=C\C=C2/CCC[C@]3(C)[C@@H]([C@H](C)SCCC(C)(C)O)CC[C@@H]23)C[C@@H](O)C[C@@H]1O. The van der Waals surface area contributed by atoms with Gasteiger partial charge in [0.15, 0.2) is 0 Å². The fraction of sp³-hybridized carbons (Fsp3) is 0.769. The Hall–Kier alpha value is -0.550. The van der Waals surface area contributed by atoms with Gasteiger partial charge < -0.3 is 15.3 Å². The van der Waals surface area contributed by atoms with Gasteiger partial charge >= 0.3 is 0 Å². The molecule has 0 radical (unpaired) electrons. The summed E-state index contributed by atoms with van der Waals surface area (Å²) in [5.74, 6) is 2.37. The molecule has 0 aromatic heterocycles. The Labute approximate surface area is 187 Å². The molecule has 3 aliphatic carbocycles. The van der Waals surface area contributed by atoms with Crippen molar-refractivity contribution in [2.45, 2.75) is 102 Å². The molecule has 3 rings (SSSR count). The van der Waals surface area contributed by atoms with Crippen molar-refractivity contribution >= 4 is 11.8 Å². The highest BCUT2D eigenvalue weighted by Crippen LogP contribution is 2.59. The van der Waals surface area contributed by atoms with Crippen LogP contribution in [0.5, 0.6) is 0 Å². The minimum Gasteiger partial charge on any atom is -0.393 e. The van der Waals surface area contributed by atoms with E-state index in [0.29, 0.717) is 29.4 Å². The summed E-state index contributed by atoms with van der Waals surface area (Å²) < 4.78 is 0. The maximum Gasteiger partial charge on any atom is 0.0811 e. The van der Waals surface area contributed by atoms with Gasteiger partial charge in [-0.15, -0.1) is 0 Å². The van der Waals surface area contributed by atoms with E-state index in [0.717, 1.165) is 35.7 Å². The van der Waals surface area contributed by atoms with Crippen LogP contribution < -0.4 is 0 Å². The third-order valence-electron chi connectivity index (χ3n) is 7.96. The van der Waals surface area contributed by atoms with Crippen molar-refractivity contribution < 1.29 is 15.3 Å². The highest BCUT2D eigenvalue weighted by molar-refractivity contribution is 7.99. The molecular weight excluding hydrogens is 392 g/mol. The lowest BCUT2D eigenvalue weighted by Crippen LogP contribution is -2.37. The molecule has 0 aromatic carbocycles. The van der Waals surface area contributed by atoms with E-state index in [1.165, 1.54) is 25.7 Å². The first-order valence-corrected chi connectivity index (χ1v) is 12.8. The van der Waals surface area contributed by atoms with Crippen LogP contribution in [0.3, 0.4) is 0 Å². The monoisotopic (exact) mass is 434 g/mol. The van der Waals surface area contributed by atoms with Gasteiger partial charge in [-0.2, -0.15) is 11.8 Å². The van der Waals surface area contributed by atoms with Gasteiger partial charge in [-0.3, -0.25) is 0 Å². The van der Waals surface area contributed by atoms with Gasteiger partial charge in [-0.25, -0.2) is 0 Å². The van der Waals surface area contributed by atoms with Crippen molar-refractivity contribution in [1.82, 2.24) is 0 Å². The summed E-state index contributed by atoms with van der Waals surface area (Å²) in [5, 5.41) is 30.8. The van der Waals surface area contributed by atoms with Crippen LogP contribution in [-0.2, 0) is 0 Å². The van der Waals surface area contributed by atoms with Crippen LogP contribution in [0.1, 0.15) is 79.1 Å². The maximum atomic E-state index is 10.1. The number of hydrogen-bond donors (Lipinski definition) is 3. The second kappa shape index (κ2) is 9.52. The molecule has 3 saturated carbocycles. The highest BCUT2D eigenvalue weighted by atomic mass is 32.2. The molecule has 3 aliphatic rings. The van der Waals surface area contributed by atoms with Gasteiger partial charge in [0, 0.05) is 11.7 Å². The molecule has 30 heavy (non-hydrogen) atoms. The molecule has 6 atom stereocenters. The van der Waals surface area contributed by atoms with Crippen LogP contribution in [-0.4, -0.2) is 44.1 Å². The number of hydrogen-bond acceptors (Lipinski definition) is 4. The lowest BCUT2D eigenvalue weighted by atomic mass is 9.63. The summed E-state index contributed by atoms with van der Waals surface area (Å²) in [5.41, 5.74) is 3.11. The summed E-state index contributed by atoms with van der Waals surface area (Å²) >= 11 is 2.03. The fourth-order valence-electron chi connectivity index (χ4n) is 6.13. The predicted molar refractivity (Wildman–Crippen MR) is 128 cm³/mol. The van der Waals surface area contributed by atoms with Crippen molar-refractivity contribution in [2.75, 3.05) is 5.75 Å². The molecule has 170 valence electrons. The Kier molecular flexibility index (Phi) is 7.65. The Bertz CT molecular complexity index is 689. The molecule has 0 bridgehead atoms. The summed E-state index contributed by atoms with van der Waals surface area (Å²) in [6, 6.07) is 0. The van der Waals surface area contributed by atoms with Crippen molar-refractivity contribution in [3.05, 3.63) is 35.5 Å². The topological polar surface area (TPSA) is 60.7 Å². The first-order chi connectivity index (χ1) is 14.0. The lowest BCUT2D eigenvalue weighted by molar-refractivity contribution is 0.0776. The highest BCUT2D eigenvalue weighted by Gasteiger charge is 2.50. The summed E-state index contributed by atoms with van der Waals surface area (Å²) in [7, 11) is 0. The Morgan fingerprint density at radius 2 is 2.00 bits per heavy atom. The number of aliphatic hydroxyl groups excluding tert-OH is 2. The smallest absolute Gasteiger partial charge is 0.0811 e. The van der Waals surface area contributed by atoms with Crippen LogP contribution in [0, 0.1) is 17.3 Å². The second-order valence-electron chi connectivity index (χ2n) is 10.8. The zero-order valence-corrected chi connectivity index (χ0v) is 20.2. The van der Waals surface area contributed by atoms with Crippen molar-refractivity contribution in [1.29, 1.82) is 0 Å². The first kappa shape index (κ1) is 24.1. The third-order valence-corrected chi connectivity index (χ3v) is 9.26. The second-order valence-corrected chi connectivity index (χ2v) is 12.3. The third kappa shape index (κ3) is 5.43. The maximum absolute atomic E-state index is 10.1. The van der Waals surface area contributed by atoms with E-state index in [1.807, 2.05) is 25.6 Å². The standard InChI is InChI=1S/C26H42O3S/c1-17-20(15-21(27)16-24(17)28)9-8-19-7-6-12-26(5)22(10-11-23(19)26)18(2)30-14-13-25(3,4)29/h8-9,18,21-24,27-29H,1,6-7,10-16H2,2-5H3/b19-8+,20-9-/t18-,21+,22+,23-,24-,26+/m0/s1. The molecule has 3 nitrogen and oxygen atoms in total. The van der Waals surface area contributed by atoms with Crippen LogP contribution in [0.25, 0.3) is 0 Å². The van der Waals surface area contributed by atoms with Crippen molar-refractivity contribution in [2.24, 2.45) is 17.3 Å². The van der Waals surface area contributed by atoms with Gasteiger partial charge in [-0.1, -0.05) is 38.2 Å². The largest absolute Gasteiger partial charge is 0.393 e. The molecule has 3 N–H and O–H groups in total. The molecule has 3 fully saturated rings. The first-order valence-electron chi connectivity index (χ1n) is 11.8. The van der Waals surface area contributed by atoms with E-state index in [1.54, 1.807) is 5.57 Å². The van der Waals surface area contributed by atoms with Crippen LogP contribution >= 0.6 is 11.8 Å². The van der Waals surface area contributed by atoms with Crippen molar-refractivity contribution in [3.8, 4) is 0 Å². The van der Waals surface area contributed by atoms with E-state index in [2.05, 4.69) is 32.6 Å². The average Bonchev–Trinajstić information content (AvgIpc) is 3.00. The average molecular weight is 435 g/mol. The number of fused-ring (bicyclic) bond motifs is 1. The van der Waals surface area contributed by atoms with Gasteiger partial charge in [0.05, 0.1) is 17.8 Å². The Morgan fingerprint density at radius 1 is 1.27 bits per heavy atom. The van der Waals surface area contributed by atoms with Gasteiger partial charge in [0.1, 0.15) is 0 Å². The molecule has 4 heteroatoms. The van der Waals surface area contributed by atoms with Gasteiger partial charge in [-0.05, 0) is 92.9 Å². The van der Waals surface area contributed by atoms with E-state index in [4.69, 9.17) is 0 Å². The number of aliphatic hydroxyl groups is 3. The van der Waals surface area contributed by atoms with Crippen LogP contribution in [0.15, 0.2) is 35.5 Å². The van der Waals surface area contributed by atoms with E-state index in [-0.39, 0.29) is 0 Å². The van der Waals surface area contributed by atoms with Gasteiger partial charge in [0.25, 0.3) is 0 Å². The Balaban J connectivity index is 1.70. The predicted octanol–water partition coefficient (Wildman–Crippen LogP) is 5.41. The molecule has 0 spiro atoms. The quantitative estimate of drug-likeness (QED) is 0.523. The summed E-state index contributed by atoms with van der Waals surface area (Å²) in [4.78, 5) is 0. The molecule has 0 unspecified atom stereocenters. The summed E-state index contributed by atoms with van der Waals surface area (Å²) in [6.45, 7) is 12.8. The zero-order valence-electron chi connectivity index (χ0n) is 19.4. The molecule has 0 aliphatic heterocycles. The minimum atomic E-state index is -0.618. The van der Waals surface area contributed by atoms with E-state index < -0.39 is 17.8 Å². The zero-order chi connectivity index (χ0) is 22.1. The molecule has 0 heterocycles. The molecular formula is C26H42O3S. The lowest BCUT2D eigenvalue weighted by Gasteiger charge is -2.44. The van der Waals surface area contributed by atoms with Crippen LogP contribution in [0.4, 0.5) is 0 Å². The minimum absolute atomic E-state index is 0.354. The fourth-order valence-corrected chi connectivity index (χ4v) is 7.79. The van der Waals surface area contributed by atoms with Gasteiger partial charge in [0.2, 0.25) is 0 Å². The molecule has 0 aromatic rings.